The SMILES string of the molecule is CC=CCN(CCOC)CC(=O)O. The molecule has 0 heterocycles. The first-order valence-electron chi connectivity index (χ1n) is 4.25. The molecule has 4 heteroatoms. The van der Waals surface area contributed by atoms with Crippen LogP contribution in [0, 0.1) is 0 Å². The molecule has 0 unspecified atom stereocenters. The lowest BCUT2D eigenvalue weighted by Gasteiger charge is -2.17. The number of nitrogens with zero attached hydrogens (tertiary/aromatic N) is 1. The second kappa shape index (κ2) is 7.76. The van der Waals surface area contributed by atoms with Crippen molar-refractivity contribution in [3.8, 4) is 0 Å². The Morgan fingerprint density at radius 2 is 2.31 bits per heavy atom. The van der Waals surface area contributed by atoms with E-state index in [4.69, 9.17) is 9.84 Å². The number of carbonyl (C=O) groups is 1. The van der Waals surface area contributed by atoms with E-state index >= 15 is 0 Å². The molecule has 0 aromatic heterocycles. The maximum atomic E-state index is 10.4. The van der Waals surface area contributed by atoms with Crippen molar-refractivity contribution in [3.05, 3.63) is 12.2 Å². The summed E-state index contributed by atoms with van der Waals surface area (Å²) in [6.07, 6.45) is 3.83. The van der Waals surface area contributed by atoms with Crippen LogP contribution in [0.15, 0.2) is 12.2 Å². The van der Waals surface area contributed by atoms with E-state index in [0.717, 1.165) is 0 Å². The van der Waals surface area contributed by atoms with Crippen LogP contribution in [0.25, 0.3) is 0 Å². The first kappa shape index (κ1) is 12.1. The molecule has 0 amide bonds. The minimum atomic E-state index is -0.805. The van der Waals surface area contributed by atoms with Crippen LogP contribution in [-0.2, 0) is 9.53 Å². The van der Waals surface area contributed by atoms with Crippen molar-refractivity contribution in [2.24, 2.45) is 0 Å². The molecule has 0 radical (unpaired) electrons. The number of methoxy groups -OCH3 is 1. The van der Waals surface area contributed by atoms with E-state index in [-0.39, 0.29) is 6.54 Å². The predicted molar refractivity (Wildman–Crippen MR) is 50.8 cm³/mol. The van der Waals surface area contributed by atoms with Gasteiger partial charge >= 0.3 is 5.97 Å². The molecule has 0 saturated carbocycles. The van der Waals surface area contributed by atoms with Crippen molar-refractivity contribution in [2.45, 2.75) is 6.92 Å². The van der Waals surface area contributed by atoms with Gasteiger partial charge in [0.1, 0.15) is 0 Å². The van der Waals surface area contributed by atoms with Gasteiger partial charge < -0.3 is 9.84 Å². The molecule has 0 rings (SSSR count). The van der Waals surface area contributed by atoms with E-state index in [9.17, 15) is 4.79 Å². The molecular weight excluding hydrogens is 170 g/mol. The third kappa shape index (κ3) is 7.49. The number of rotatable bonds is 7. The van der Waals surface area contributed by atoms with Crippen LogP contribution in [0.1, 0.15) is 6.92 Å². The number of ether oxygens (including phenoxy) is 1. The van der Waals surface area contributed by atoms with Crippen molar-refractivity contribution in [3.63, 3.8) is 0 Å². The summed E-state index contributed by atoms with van der Waals surface area (Å²) in [5, 5.41) is 8.58. The van der Waals surface area contributed by atoms with Crippen LogP contribution < -0.4 is 0 Å². The van der Waals surface area contributed by atoms with Crippen molar-refractivity contribution in [2.75, 3.05) is 33.4 Å². The van der Waals surface area contributed by atoms with E-state index in [0.29, 0.717) is 19.7 Å². The Morgan fingerprint density at radius 3 is 2.77 bits per heavy atom. The molecule has 0 bridgehead atoms. The van der Waals surface area contributed by atoms with E-state index in [1.165, 1.54) is 0 Å². The van der Waals surface area contributed by atoms with Gasteiger partial charge in [-0.2, -0.15) is 0 Å². The Morgan fingerprint density at radius 1 is 1.62 bits per heavy atom. The molecular formula is C9H17NO3. The molecule has 0 aliphatic carbocycles. The topological polar surface area (TPSA) is 49.8 Å². The Kier molecular flexibility index (Phi) is 7.24. The summed E-state index contributed by atoms with van der Waals surface area (Å²) in [5.41, 5.74) is 0. The first-order chi connectivity index (χ1) is 6.20. The summed E-state index contributed by atoms with van der Waals surface area (Å²) in [5.74, 6) is -0.805. The van der Waals surface area contributed by atoms with Gasteiger partial charge in [0.15, 0.2) is 0 Å². The third-order valence-electron chi connectivity index (χ3n) is 1.57. The highest BCUT2D eigenvalue weighted by atomic mass is 16.5. The van der Waals surface area contributed by atoms with E-state index < -0.39 is 5.97 Å². The monoisotopic (exact) mass is 187 g/mol. The molecule has 76 valence electrons. The van der Waals surface area contributed by atoms with E-state index in [1.54, 1.807) is 7.11 Å². The summed E-state index contributed by atoms with van der Waals surface area (Å²) >= 11 is 0. The fourth-order valence-corrected chi connectivity index (χ4v) is 0.901. The standard InChI is InChI=1S/C9H17NO3/c1-3-4-5-10(6-7-13-2)8-9(11)12/h3-4H,5-8H2,1-2H3,(H,11,12). The number of carboxylic acid groups (broad SMARTS) is 1. The third-order valence-corrected chi connectivity index (χ3v) is 1.57. The Balaban J connectivity index is 3.79. The molecule has 0 atom stereocenters. The van der Waals surface area contributed by atoms with Crippen molar-refractivity contribution < 1.29 is 14.6 Å². The maximum absolute atomic E-state index is 10.4. The number of allylic oxidation sites excluding steroid dienone is 1. The van der Waals surface area contributed by atoms with Gasteiger partial charge in [0.05, 0.1) is 13.2 Å². The van der Waals surface area contributed by atoms with Crippen molar-refractivity contribution in [1.29, 1.82) is 0 Å². The predicted octanol–water partition coefficient (Wildman–Crippen LogP) is 0.595. The quantitative estimate of drug-likeness (QED) is 0.593. The number of aliphatic carboxylic acids is 1. The van der Waals surface area contributed by atoms with Crippen molar-refractivity contribution >= 4 is 5.97 Å². The van der Waals surface area contributed by atoms with Gasteiger partial charge in [-0.15, -0.1) is 0 Å². The lowest BCUT2D eigenvalue weighted by molar-refractivity contribution is -0.138. The number of carboxylic acids is 1. The highest BCUT2D eigenvalue weighted by Gasteiger charge is 2.06. The molecule has 0 saturated heterocycles. The highest BCUT2D eigenvalue weighted by molar-refractivity contribution is 5.69. The summed E-state index contributed by atoms with van der Waals surface area (Å²) in [7, 11) is 1.61. The molecule has 4 nitrogen and oxygen atoms in total. The molecule has 1 N–H and O–H groups in total. The average molecular weight is 187 g/mol. The number of hydrogen-bond donors (Lipinski definition) is 1. The van der Waals surface area contributed by atoms with Gasteiger partial charge in [-0.3, -0.25) is 9.69 Å². The van der Waals surface area contributed by atoms with Crippen LogP contribution in [0.3, 0.4) is 0 Å². The smallest absolute Gasteiger partial charge is 0.317 e. The summed E-state index contributed by atoms with van der Waals surface area (Å²) in [6, 6.07) is 0. The van der Waals surface area contributed by atoms with Crippen molar-refractivity contribution in [1.82, 2.24) is 4.90 Å². The van der Waals surface area contributed by atoms with Gasteiger partial charge in [0.2, 0.25) is 0 Å². The first-order valence-corrected chi connectivity index (χ1v) is 4.25. The zero-order chi connectivity index (χ0) is 10.1. The van der Waals surface area contributed by atoms with Gasteiger partial charge in [-0.05, 0) is 6.92 Å². The minimum Gasteiger partial charge on any atom is -0.480 e. The molecule has 0 aromatic rings. The average Bonchev–Trinajstić information content (AvgIpc) is 2.09. The van der Waals surface area contributed by atoms with Gasteiger partial charge in [-0.25, -0.2) is 0 Å². The highest BCUT2D eigenvalue weighted by Crippen LogP contribution is 1.89. The molecule has 0 fully saturated rings. The molecule has 0 aliphatic rings. The lowest BCUT2D eigenvalue weighted by Crippen LogP contribution is -2.32. The molecule has 0 spiro atoms. The second-order valence-electron chi connectivity index (χ2n) is 2.69. The fraction of sp³-hybridized carbons (Fsp3) is 0.667. The molecule has 13 heavy (non-hydrogen) atoms. The zero-order valence-corrected chi connectivity index (χ0v) is 8.19. The Hall–Kier alpha value is -0.870. The van der Waals surface area contributed by atoms with Gasteiger partial charge in [0, 0.05) is 20.2 Å². The van der Waals surface area contributed by atoms with Gasteiger partial charge in [-0.1, -0.05) is 12.2 Å². The summed E-state index contributed by atoms with van der Waals surface area (Å²) in [6.45, 7) is 3.84. The van der Waals surface area contributed by atoms with Gasteiger partial charge in [0.25, 0.3) is 0 Å². The minimum absolute atomic E-state index is 0.0632. The van der Waals surface area contributed by atoms with Crippen LogP contribution in [0.5, 0.6) is 0 Å². The maximum Gasteiger partial charge on any atom is 0.317 e. The van der Waals surface area contributed by atoms with Crippen LogP contribution >= 0.6 is 0 Å². The zero-order valence-electron chi connectivity index (χ0n) is 8.19. The normalized spacial score (nSPS) is 11.3. The summed E-state index contributed by atoms with van der Waals surface area (Å²) in [4.78, 5) is 12.2. The van der Waals surface area contributed by atoms with Crippen LogP contribution in [0.4, 0.5) is 0 Å². The lowest BCUT2D eigenvalue weighted by atomic mass is 10.4. The summed E-state index contributed by atoms with van der Waals surface area (Å²) < 4.78 is 4.88. The Bertz CT molecular complexity index is 168. The van der Waals surface area contributed by atoms with E-state index in [1.807, 2.05) is 24.0 Å². The fourth-order valence-electron chi connectivity index (χ4n) is 0.901. The molecule has 0 aliphatic heterocycles. The molecule has 0 aromatic carbocycles. The van der Waals surface area contributed by atoms with Crippen LogP contribution in [-0.4, -0.2) is 49.3 Å². The second-order valence-corrected chi connectivity index (χ2v) is 2.69. The van der Waals surface area contributed by atoms with Crippen LogP contribution in [0.2, 0.25) is 0 Å². The largest absolute Gasteiger partial charge is 0.480 e. The van der Waals surface area contributed by atoms with E-state index in [2.05, 4.69) is 0 Å². The Labute approximate surface area is 78.8 Å². The number of hydrogen-bond acceptors (Lipinski definition) is 3.